The lowest BCUT2D eigenvalue weighted by molar-refractivity contribution is -0.131. The molecule has 7 nitrogen and oxygen atoms in total. The normalized spacial score (nSPS) is 17.4. The van der Waals surface area contributed by atoms with Crippen molar-refractivity contribution in [3.63, 3.8) is 0 Å². The third-order valence-corrected chi connectivity index (χ3v) is 6.72. The number of cyclic esters (lactones) is 1. The molecule has 1 saturated heterocycles. The molecular formula is C29H30N4O3. The fourth-order valence-electron chi connectivity index (χ4n) is 5.00. The highest BCUT2D eigenvalue weighted by Crippen LogP contribution is 2.47. The van der Waals surface area contributed by atoms with Crippen LogP contribution >= 0.6 is 0 Å². The molecule has 1 heterocycles. The first kappa shape index (κ1) is 25.0. The van der Waals surface area contributed by atoms with Crippen molar-refractivity contribution in [2.75, 3.05) is 0 Å². The summed E-state index contributed by atoms with van der Waals surface area (Å²) >= 11 is 0. The van der Waals surface area contributed by atoms with Gasteiger partial charge in [-0.05, 0) is 37.3 Å². The Hall–Kier alpha value is -4.09. The monoisotopic (exact) mass is 482 g/mol. The number of imide groups is 1. The molecule has 0 aromatic heterocycles. The number of carbonyl (C=O) groups excluding carboxylic acids is 2. The van der Waals surface area contributed by atoms with E-state index in [4.69, 9.17) is 4.74 Å². The largest absolute Gasteiger partial charge is 0.430 e. The van der Waals surface area contributed by atoms with Gasteiger partial charge in [0.15, 0.2) is 5.60 Å². The Balaban J connectivity index is 1.85. The van der Waals surface area contributed by atoms with Crippen LogP contribution in [0.1, 0.15) is 41.7 Å². The van der Waals surface area contributed by atoms with E-state index in [-0.39, 0.29) is 12.3 Å². The third kappa shape index (κ3) is 4.58. The quantitative estimate of drug-likeness (QED) is 0.219. The fraction of sp³-hybridized carbons (Fsp3) is 0.310. The van der Waals surface area contributed by atoms with Gasteiger partial charge < -0.3 is 4.74 Å². The lowest BCUT2D eigenvalue weighted by Crippen LogP contribution is -2.52. The predicted octanol–water partition coefficient (Wildman–Crippen LogP) is 6.47. The van der Waals surface area contributed by atoms with E-state index in [2.05, 4.69) is 10.0 Å². The standard InChI is InChI=1S/C29H30N4O3/c1-19(2)26-29(23-14-10-20(3)11-15-23,24-16-12-21(4)13-17-24)36-28(35)33(26)27(34)25(31-32-30)18-22-8-6-5-7-9-22/h5-17,19,25-26H,18H2,1-4H3/t25-,26-/m0/s1. The van der Waals surface area contributed by atoms with E-state index in [1.54, 1.807) is 0 Å². The number of aryl methyl sites for hydroxylation is 2. The van der Waals surface area contributed by atoms with Gasteiger partial charge in [0.2, 0.25) is 5.91 Å². The van der Waals surface area contributed by atoms with Crippen molar-refractivity contribution < 1.29 is 14.3 Å². The van der Waals surface area contributed by atoms with Gasteiger partial charge in [-0.3, -0.25) is 4.79 Å². The maximum Gasteiger partial charge on any atom is 0.418 e. The van der Waals surface area contributed by atoms with Gasteiger partial charge in [-0.25, -0.2) is 9.69 Å². The number of amides is 2. The minimum Gasteiger partial charge on any atom is -0.430 e. The first-order chi connectivity index (χ1) is 17.3. The summed E-state index contributed by atoms with van der Waals surface area (Å²) in [4.78, 5) is 31.5. The lowest BCUT2D eigenvalue weighted by Gasteiger charge is -2.38. The van der Waals surface area contributed by atoms with E-state index in [9.17, 15) is 15.1 Å². The number of ether oxygens (including phenoxy) is 1. The number of benzene rings is 3. The van der Waals surface area contributed by atoms with Crippen LogP contribution < -0.4 is 0 Å². The summed E-state index contributed by atoms with van der Waals surface area (Å²) in [7, 11) is 0. The Bertz CT molecular complexity index is 1230. The van der Waals surface area contributed by atoms with E-state index in [0.29, 0.717) is 0 Å². The molecule has 0 unspecified atom stereocenters. The number of azide groups is 1. The van der Waals surface area contributed by atoms with Crippen LogP contribution in [0.4, 0.5) is 4.79 Å². The fourth-order valence-corrected chi connectivity index (χ4v) is 5.00. The average Bonchev–Trinajstić information content (AvgIpc) is 3.19. The molecule has 0 saturated carbocycles. The van der Waals surface area contributed by atoms with Gasteiger partial charge in [-0.2, -0.15) is 0 Å². The van der Waals surface area contributed by atoms with E-state index in [0.717, 1.165) is 27.8 Å². The van der Waals surface area contributed by atoms with E-state index < -0.39 is 29.7 Å². The molecule has 3 aromatic rings. The topological polar surface area (TPSA) is 95.4 Å². The maximum atomic E-state index is 13.9. The summed E-state index contributed by atoms with van der Waals surface area (Å²) in [5.74, 6) is -0.729. The molecular weight excluding hydrogens is 452 g/mol. The molecule has 1 aliphatic heterocycles. The van der Waals surface area contributed by atoms with E-state index in [1.165, 1.54) is 4.90 Å². The second kappa shape index (κ2) is 10.3. The van der Waals surface area contributed by atoms with Crippen LogP contribution in [0.15, 0.2) is 84.0 Å². The van der Waals surface area contributed by atoms with Crippen LogP contribution in [-0.4, -0.2) is 29.0 Å². The molecule has 0 bridgehead atoms. The Labute approximate surface area is 211 Å². The lowest BCUT2D eigenvalue weighted by atomic mass is 9.75. The summed E-state index contributed by atoms with van der Waals surface area (Å²) in [6.45, 7) is 7.91. The van der Waals surface area contributed by atoms with Crippen LogP contribution in [0.25, 0.3) is 10.4 Å². The minimum atomic E-state index is -1.21. The van der Waals surface area contributed by atoms with Gasteiger partial charge in [-0.1, -0.05) is 109 Å². The van der Waals surface area contributed by atoms with Gasteiger partial charge in [0, 0.05) is 16.0 Å². The van der Waals surface area contributed by atoms with Crippen LogP contribution in [0, 0.1) is 19.8 Å². The summed E-state index contributed by atoms with van der Waals surface area (Å²) in [6.07, 6.45) is -0.563. The van der Waals surface area contributed by atoms with Gasteiger partial charge in [0.05, 0.1) is 6.04 Å². The summed E-state index contributed by atoms with van der Waals surface area (Å²) in [5, 5.41) is 3.79. The van der Waals surface area contributed by atoms with Gasteiger partial charge >= 0.3 is 6.09 Å². The number of rotatable bonds is 7. The molecule has 0 aliphatic carbocycles. The number of hydrogen-bond acceptors (Lipinski definition) is 4. The zero-order valence-electron chi connectivity index (χ0n) is 21.0. The molecule has 4 rings (SSSR count). The molecule has 2 atom stereocenters. The smallest absolute Gasteiger partial charge is 0.418 e. The Morgan fingerprint density at radius 1 is 0.972 bits per heavy atom. The first-order valence-electron chi connectivity index (χ1n) is 12.1. The zero-order chi connectivity index (χ0) is 25.9. The van der Waals surface area contributed by atoms with Gasteiger partial charge in [0.25, 0.3) is 0 Å². The van der Waals surface area contributed by atoms with Crippen LogP contribution in [0.3, 0.4) is 0 Å². The molecule has 3 aromatic carbocycles. The molecule has 0 spiro atoms. The molecule has 1 aliphatic rings. The van der Waals surface area contributed by atoms with Crippen LogP contribution in [-0.2, 0) is 21.6 Å². The SMILES string of the molecule is Cc1ccc(C2(c3ccc(C)cc3)OC(=O)N(C(=O)[C@H](Cc3ccccc3)N=[N+]=[N-])[C@H]2C(C)C)cc1. The number of carbonyl (C=O) groups is 2. The highest BCUT2D eigenvalue weighted by molar-refractivity contribution is 5.97. The van der Waals surface area contributed by atoms with Gasteiger partial charge in [-0.15, -0.1) is 0 Å². The Morgan fingerprint density at radius 2 is 1.50 bits per heavy atom. The second-order valence-electron chi connectivity index (χ2n) is 9.64. The molecule has 184 valence electrons. The van der Waals surface area contributed by atoms with Crippen molar-refractivity contribution in [2.24, 2.45) is 11.0 Å². The van der Waals surface area contributed by atoms with Crippen molar-refractivity contribution in [2.45, 2.75) is 51.8 Å². The Morgan fingerprint density at radius 3 is 1.97 bits per heavy atom. The molecule has 7 heteroatoms. The third-order valence-electron chi connectivity index (χ3n) is 6.72. The maximum absolute atomic E-state index is 13.9. The molecule has 0 radical (unpaired) electrons. The van der Waals surface area contributed by atoms with Crippen molar-refractivity contribution in [1.29, 1.82) is 0 Å². The highest BCUT2D eigenvalue weighted by Gasteiger charge is 2.59. The van der Waals surface area contributed by atoms with Crippen LogP contribution in [0.2, 0.25) is 0 Å². The Kier molecular flexibility index (Phi) is 7.13. The number of nitrogens with zero attached hydrogens (tertiary/aromatic N) is 4. The second-order valence-corrected chi connectivity index (χ2v) is 9.64. The number of hydrogen-bond donors (Lipinski definition) is 0. The summed E-state index contributed by atoms with van der Waals surface area (Å²) < 4.78 is 6.22. The van der Waals surface area contributed by atoms with Gasteiger partial charge in [0.1, 0.15) is 6.04 Å². The first-order valence-corrected chi connectivity index (χ1v) is 12.1. The zero-order valence-corrected chi connectivity index (χ0v) is 21.0. The van der Waals surface area contributed by atoms with Crippen LogP contribution in [0.5, 0.6) is 0 Å². The molecule has 0 N–H and O–H groups in total. The highest BCUT2D eigenvalue weighted by atomic mass is 16.6. The average molecular weight is 483 g/mol. The molecule has 2 amide bonds. The van der Waals surface area contributed by atoms with Crippen molar-refractivity contribution in [3.8, 4) is 0 Å². The summed E-state index contributed by atoms with van der Waals surface area (Å²) in [5.41, 5.74) is 12.6. The molecule has 1 fully saturated rings. The molecule has 36 heavy (non-hydrogen) atoms. The predicted molar refractivity (Wildman–Crippen MR) is 138 cm³/mol. The van der Waals surface area contributed by atoms with Crippen molar-refractivity contribution >= 4 is 12.0 Å². The summed E-state index contributed by atoms with van der Waals surface area (Å²) in [6, 6.07) is 23.2. The van der Waals surface area contributed by atoms with E-state index >= 15 is 0 Å². The minimum absolute atomic E-state index is 0.161. The van der Waals surface area contributed by atoms with Crippen molar-refractivity contribution in [1.82, 2.24) is 4.90 Å². The van der Waals surface area contributed by atoms with Crippen molar-refractivity contribution in [3.05, 3.63) is 117 Å². The van der Waals surface area contributed by atoms with E-state index in [1.807, 2.05) is 107 Å².